The minimum absolute atomic E-state index is 0.0794. The van der Waals surface area contributed by atoms with E-state index in [0.717, 1.165) is 35.8 Å². The maximum atomic E-state index is 12.0. The molecule has 0 spiro atoms. The lowest BCUT2D eigenvalue weighted by molar-refractivity contribution is 0.0924. The highest BCUT2D eigenvalue weighted by Gasteiger charge is 2.26. The molecule has 2 aromatic rings. The fourth-order valence-electron chi connectivity index (χ4n) is 2.18. The van der Waals surface area contributed by atoms with Crippen molar-refractivity contribution in [1.82, 2.24) is 5.32 Å². The van der Waals surface area contributed by atoms with E-state index in [4.69, 9.17) is 4.42 Å². The second-order valence-electron chi connectivity index (χ2n) is 4.99. The van der Waals surface area contributed by atoms with E-state index in [2.05, 4.69) is 18.3 Å². The molecule has 94 valence electrons. The number of hydrogen-bond donors (Lipinski definition) is 1. The number of rotatable bonds is 3. The van der Waals surface area contributed by atoms with Crippen LogP contribution < -0.4 is 5.32 Å². The Morgan fingerprint density at radius 3 is 2.89 bits per heavy atom. The molecule has 3 nitrogen and oxygen atoms in total. The predicted molar refractivity (Wildman–Crippen MR) is 70.8 cm³/mol. The van der Waals surface area contributed by atoms with Crippen LogP contribution in [0.4, 0.5) is 0 Å². The Labute approximate surface area is 106 Å². The quantitative estimate of drug-likeness (QED) is 0.899. The Morgan fingerprint density at radius 2 is 2.22 bits per heavy atom. The molecule has 0 atom stereocenters. The van der Waals surface area contributed by atoms with E-state index in [1.165, 1.54) is 5.56 Å². The lowest BCUT2D eigenvalue weighted by atomic mass is 10.1. The van der Waals surface area contributed by atoms with E-state index in [1.807, 2.05) is 19.1 Å². The maximum absolute atomic E-state index is 12.0. The number of furan rings is 1. The van der Waals surface area contributed by atoms with Gasteiger partial charge in [-0.1, -0.05) is 13.0 Å². The van der Waals surface area contributed by atoms with Gasteiger partial charge in [0.15, 0.2) is 5.76 Å². The summed E-state index contributed by atoms with van der Waals surface area (Å²) in [5, 5.41) is 4.02. The largest absolute Gasteiger partial charge is 0.451 e. The Bertz CT molecular complexity index is 608. The van der Waals surface area contributed by atoms with Crippen LogP contribution in [0.15, 0.2) is 22.6 Å². The van der Waals surface area contributed by atoms with Crippen LogP contribution in [0.3, 0.4) is 0 Å². The van der Waals surface area contributed by atoms with Crippen LogP contribution in [-0.2, 0) is 6.42 Å². The molecular formula is C15H17NO2. The average Bonchev–Trinajstić information content (AvgIpc) is 3.13. The number of fused-ring (bicyclic) bond motifs is 1. The van der Waals surface area contributed by atoms with E-state index in [9.17, 15) is 4.79 Å². The van der Waals surface area contributed by atoms with Gasteiger partial charge < -0.3 is 9.73 Å². The number of aryl methyl sites for hydroxylation is 2. The highest BCUT2D eigenvalue weighted by Crippen LogP contribution is 2.27. The van der Waals surface area contributed by atoms with Gasteiger partial charge in [0.2, 0.25) is 0 Å². The van der Waals surface area contributed by atoms with Crippen molar-refractivity contribution in [3.8, 4) is 0 Å². The van der Waals surface area contributed by atoms with Crippen molar-refractivity contribution in [2.45, 2.75) is 39.2 Å². The van der Waals surface area contributed by atoms with Crippen molar-refractivity contribution in [2.75, 3.05) is 0 Å². The molecule has 1 fully saturated rings. The molecule has 1 aliphatic carbocycles. The van der Waals surface area contributed by atoms with Crippen LogP contribution >= 0.6 is 0 Å². The van der Waals surface area contributed by atoms with Gasteiger partial charge in [0.05, 0.1) is 0 Å². The molecule has 0 bridgehead atoms. The summed E-state index contributed by atoms with van der Waals surface area (Å²) in [6.45, 7) is 4.07. The molecule has 1 saturated carbocycles. The fraction of sp³-hybridized carbons (Fsp3) is 0.400. The van der Waals surface area contributed by atoms with Gasteiger partial charge in [0.25, 0.3) is 5.91 Å². The Kier molecular flexibility index (Phi) is 2.62. The van der Waals surface area contributed by atoms with Crippen molar-refractivity contribution >= 4 is 16.9 Å². The van der Waals surface area contributed by atoms with Crippen LogP contribution in [0.2, 0.25) is 0 Å². The molecule has 3 rings (SSSR count). The summed E-state index contributed by atoms with van der Waals surface area (Å²) in [4.78, 5) is 12.0. The highest BCUT2D eigenvalue weighted by molar-refractivity contribution is 5.99. The van der Waals surface area contributed by atoms with Crippen LogP contribution in [-0.4, -0.2) is 11.9 Å². The van der Waals surface area contributed by atoms with Crippen molar-refractivity contribution in [2.24, 2.45) is 0 Å². The zero-order chi connectivity index (χ0) is 12.7. The van der Waals surface area contributed by atoms with E-state index in [0.29, 0.717) is 11.8 Å². The van der Waals surface area contributed by atoms with Gasteiger partial charge in [0, 0.05) is 17.0 Å². The molecule has 1 aliphatic rings. The first-order valence-electron chi connectivity index (χ1n) is 6.52. The minimum atomic E-state index is -0.0794. The minimum Gasteiger partial charge on any atom is -0.451 e. The van der Waals surface area contributed by atoms with Gasteiger partial charge in [0.1, 0.15) is 5.58 Å². The van der Waals surface area contributed by atoms with E-state index in [-0.39, 0.29) is 5.91 Å². The Hall–Kier alpha value is -1.77. The van der Waals surface area contributed by atoms with Crippen LogP contribution in [0.25, 0.3) is 11.0 Å². The van der Waals surface area contributed by atoms with E-state index >= 15 is 0 Å². The average molecular weight is 243 g/mol. The fourth-order valence-corrected chi connectivity index (χ4v) is 2.18. The second kappa shape index (κ2) is 4.16. The molecule has 18 heavy (non-hydrogen) atoms. The first kappa shape index (κ1) is 11.3. The Balaban J connectivity index is 2.01. The molecule has 0 saturated heterocycles. The Morgan fingerprint density at radius 1 is 1.44 bits per heavy atom. The number of carbonyl (C=O) groups excluding carboxylic acids is 1. The molecular weight excluding hydrogens is 226 g/mol. The van der Waals surface area contributed by atoms with Gasteiger partial charge in [-0.15, -0.1) is 0 Å². The lowest BCUT2D eigenvalue weighted by Gasteiger charge is -2.00. The monoisotopic (exact) mass is 243 g/mol. The zero-order valence-electron chi connectivity index (χ0n) is 10.7. The van der Waals surface area contributed by atoms with Gasteiger partial charge >= 0.3 is 0 Å². The van der Waals surface area contributed by atoms with Crippen LogP contribution in [0.5, 0.6) is 0 Å². The summed E-state index contributed by atoms with van der Waals surface area (Å²) in [5.74, 6) is 0.384. The zero-order valence-corrected chi connectivity index (χ0v) is 10.7. The SMILES string of the molecule is CCc1ccc2oc(C(=O)NC3CC3)c(C)c2c1. The summed E-state index contributed by atoms with van der Waals surface area (Å²) in [6.07, 6.45) is 3.17. The number of benzene rings is 1. The van der Waals surface area contributed by atoms with Crippen molar-refractivity contribution in [3.63, 3.8) is 0 Å². The van der Waals surface area contributed by atoms with Crippen molar-refractivity contribution in [3.05, 3.63) is 35.1 Å². The van der Waals surface area contributed by atoms with E-state index in [1.54, 1.807) is 0 Å². The van der Waals surface area contributed by atoms with Crippen LogP contribution in [0, 0.1) is 6.92 Å². The third-order valence-electron chi connectivity index (χ3n) is 3.53. The first-order valence-corrected chi connectivity index (χ1v) is 6.52. The van der Waals surface area contributed by atoms with Gasteiger partial charge in [-0.2, -0.15) is 0 Å². The summed E-state index contributed by atoms with van der Waals surface area (Å²) in [5.41, 5.74) is 3.00. The maximum Gasteiger partial charge on any atom is 0.287 e. The summed E-state index contributed by atoms with van der Waals surface area (Å²) in [6, 6.07) is 6.47. The van der Waals surface area contributed by atoms with Crippen LogP contribution in [0.1, 0.15) is 41.4 Å². The topological polar surface area (TPSA) is 42.2 Å². The second-order valence-corrected chi connectivity index (χ2v) is 4.99. The summed E-state index contributed by atoms with van der Waals surface area (Å²) in [7, 11) is 0. The molecule has 3 heteroatoms. The highest BCUT2D eigenvalue weighted by atomic mass is 16.3. The third kappa shape index (κ3) is 1.90. The standard InChI is InChI=1S/C15H17NO2/c1-3-10-4-7-13-12(8-10)9(2)14(18-13)15(17)16-11-5-6-11/h4,7-8,11H,3,5-6H2,1-2H3,(H,16,17). The normalized spacial score (nSPS) is 15.0. The molecule has 1 N–H and O–H groups in total. The predicted octanol–water partition coefficient (Wildman–Crippen LogP) is 3.20. The third-order valence-corrected chi connectivity index (χ3v) is 3.53. The van der Waals surface area contributed by atoms with Gasteiger partial charge in [-0.3, -0.25) is 4.79 Å². The van der Waals surface area contributed by atoms with Gasteiger partial charge in [-0.25, -0.2) is 0 Å². The number of hydrogen-bond acceptors (Lipinski definition) is 2. The molecule has 1 aromatic heterocycles. The smallest absolute Gasteiger partial charge is 0.287 e. The van der Waals surface area contributed by atoms with Crippen molar-refractivity contribution in [1.29, 1.82) is 0 Å². The summed E-state index contributed by atoms with van der Waals surface area (Å²) < 4.78 is 5.68. The molecule has 0 aliphatic heterocycles. The number of nitrogens with one attached hydrogen (secondary N) is 1. The molecule has 0 radical (unpaired) electrons. The van der Waals surface area contributed by atoms with Gasteiger partial charge in [-0.05, 0) is 43.9 Å². The lowest BCUT2D eigenvalue weighted by Crippen LogP contribution is -2.25. The number of carbonyl (C=O) groups is 1. The molecule has 1 heterocycles. The number of amides is 1. The molecule has 1 amide bonds. The molecule has 0 unspecified atom stereocenters. The van der Waals surface area contributed by atoms with Crippen molar-refractivity contribution < 1.29 is 9.21 Å². The van der Waals surface area contributed by atoms with E-state index < -0.39 is 0 Å². The first-order chi connectivity index (χ1) is 8.69. The molecule has 1 aromatic carbocycles. The summed E-state index contributed by atoms with van der Waals surface area (Å²) >= 11 is 0.